The highest BCUT2D eigenvalue weighted by molar-refractivity contribution is 5.02. The summed E-state index contributed by atoms with van der Waals surface area (Å²) in [5, 5.41) is 17.9. The summed E-state index contributed by atoms with van der Waals surface area (Å²) < 4.78 is 10.4. The molecule has 0 bridgehead atoms. The highest BCUT2D eigenvalue weighted by Crippen LogP contribution is 2.30. The van der Waals surface area contributed by atoms with E-state index in [2.05, 4.69) is 6.07 Å². The summed E-state index contributed by atoms with van der Waals surface area (Å²) in [5.41, 5.74) is 0. The minimum absolute atomic E-state index is 0.197. The predicted molar refractivity (Wildman–Crippen MR) is 34.6 cm³/mol. The fourth-order valence-electron chi connectivity index (χ4n) is 1.59. The number of nitriles is 1. The van der Waals surface area contributed by atoms with Crippen LogP contribution in [-0.2, 0) is 9.47 Å². The van der Waals surface area contributed by atoms with Gasteiger partial charge in [-0.3, -0.25) is 0 Å². The van der Waals surface area contributed by atoms with Gasteiger partial charge in [-0.1, -0.05) is 0 Å². The third-order valence-corrected chi connectivity index (χ3v) is 2.19. The van der Waals surface area contributed by atoms with Gasteiger partial charge in [0.05, 0.1) is 25.2 Å². The van der Waals surface area contributed by atoms with E-state index in [1.165, 1.54) is 0 Å². The molecular formula is C7H9NO3. The zero-order chi connectivity index (χ0) is 7.84. The average Bonchev–Trinajstić information content (AvgIpc) is 2.53. The molecule has 0 unspecified atom stereocenters. The first kappa shape index (κ1) is 7.04. The molecule has 4 heteroatoms. The van der Waals surface area contributed by atoms with Gasteiger partial charge >= 0.3 is 0 Å². The quantitative estimate of drug-likeness (QED) is 0.501. The lowest BCUT2D eigenvalue weighted by molar-refractivity contribution is 0.0179. The zero-order valence-corrected chi connectivity index (χ0v) is 5.93. The van der Waals surface area contributed by atoms with Crippen molar-refractivity contribution >= 4 is 0 Å². The third kappa shape index (κ3) is 0.932. The van der Waals surface area contributed by atoms with Gasteiger partial charge in [-0.2, -0.15) is 5.26 Å². The second-order valence-electron chi connectivity index (χ2n) is 2.90. The predicted octanol–water partition coefficient (Wildman–Crippen LogP) is -0.715. The molecule has 1 N–H and O–H groups in total. The first-order valence-corrected chi connectivity index (χ1v) is 3.64. The Balaban J connectivity index is 2.11. The van der Waals surface area contributed by atoms with Crippen LogP contribution in [0.25, 0.3) is 0 Å². The maximum Gasteiger partial charge on any atom is 0.113 e. The molecule has 2 aliphatic rings. The molecule has 0 aromatic heterocycles. The molecule has 60 valence electrons. The summed E-state index contributed by atoms with van der Waals surface area (Å²) >= 11 is 0. The standard InChI is InChI=1S/C7H9NO3/c8-1-4-2-10-7-5(9)3-11-6(4)7/h4-7,9H,2-3H2/t4-,5+,6+,7+/m0/s1. The monoisotopic (exact) mass is 155 g/mol. The minimum Gasteiger partial charge on any atom is -0.388 e. The van der Waals surface area contributed by atoms with Crippen molar-refractivity contribution < 1.29 is 14.6 Å². The molecule has 4 atom stereocenters. The Kier molecular flexibility index (Phi) is 1.57. The summed E-state index contributed by atoms with van der Waals surface area (Å²) in [7, 11) is 0. The van der Waals surface area contributed by atoms with Crippen LogP contribution in [0.1, 0.15) is 0 Å². The molecule has 4 nitrogen and oxygen atoms in total. The van der Waals surface area contributed by atoms with Crippen LogP contribution in [0.4, 0.5) is 0 Å². The number of nitrogens with zero attached hydrogens (tertiary/aromatic N) is 1. The summed E-state index contributed by atoms with van der Waals surface area (Å²) in [5.74, 6) is -0.197. The molecular weight excluding hydrogens is 146 g/mol. The van der Waals surface area contributed by atoms with Gasteiger partial charge in [0.1, 0.15) is 18.3 Å². The Morgan fingerprint density at radius 3 is 2.73 bits per heavy atom. The van der Waals surface area contributed by atoms with Crippen LogP contribution in [0.5, 0.6) is 0 Å². The van der Waals surface area contributed by atoms with Gasteiger partial charge in [-0.05, 0) is 0 Å². The fourth-order valence-corrected chi connectivity index (χ4v) is 1.59. The number of ether oxygens (including phenoxy) is 2. The molecule has 0 saturated carbocycles. The first-order valence-electron chi connectivity index (χ1n) is 3.64. The SMILES string of the molecule is N#C[C@H]1CO[C@H]2[C@@H]1OC[C@H]2O. The van der Waals surface area contributed by atoms with E-state index in [9.17, 15) is 5.11 Å². The average molecular weight is 155 g/mol. The van der Waals surface area contributed by atoms with Crippen molar-refractivity contribution in [1.82, 2.24) is 0 Å². The fraction of sp³-hybridized carbons (Fsp3) is 0.857. The van der Waals surface area contributed by atoms with Gasteiger partial charge in [0.2, 0.25) is 0 Å². The van der Waals surface area contributed by atoms with Gasteiger partial charge in [0.25, 0.3) is 0 Å². The smallest absolute Gasteiger partial charge is 0.113 e. The van der Waals surface area contributed by atoms with Crippen molar-refractivity contribution in [3.05, 3.63) is 0 Å². The van der Waals surface area contributed by atoms with Crippen LogP contribution < -0.4 is 0 Å². The number of aliphatic hydroxyl groups is 1. The Morgan fingerprint density at radius 2 is 2.00 bits per heavy atom. The molecule has 2 saturated heterocycles. The van der Waals surface area contributed by atoms with E-state index >= 15 is 0 Å². The molecule has 2 aliphatic heterocycles. The number of hydrogen-bond donors (Lipinski definition) is 1. The molecule has 0 aromatic rings. The van der Waals surface area contributed by atoms with Gasteiger partial charge in [0.15, 0.2) is 0 Å². The van der Waals surface area contributed by atoms with Crippen LogP contribution in [0.2, 0.25) is 0 Å². The molecule has 0 spiro atoms. The molecule has 0 radical (unpaired) electrons. The number of aliphatic hydroxyl groups excluding tert-OH is 1. The van der Waals surface area contributed by atoms with E-state index < -0.39 is 6.10 Å². The van der Waals surface area contributed by atoms with Crippen LogP contribution in [-0.4, -0.2) is 36.6 Å². The van der Waals surface area contributed by atoms with Crippen molar-refractivity contribution in [2.75, 3.05) is 13.2 Å². The van der Waals surface area contributed by atoms with Crippen molar-refractivity contribution in [3.63, 3.8) is 0 Å². The summed E-state index contributed by atoms with van der Waals surface area (Å²) in [6, 6.07) is 2.09. The van der Waals surface area contributed by atoms with Crippen molar-refractivity contribution in [3.8, 4) is 6.07 Å². The van der Waals surface area contributed by atoms with Crippen molar-refractivity contribution in [1.29, 1.82) is 5.26 Å². The Hall–Kier alpha value is -0.630. The minimum atomic E-state index is -0.543. The summed E-state index contributed by atoms with van der Waals surface area (Å²) in [6.45, 7) is 0.691. The maximum atomic E-state index is 9.25. The summed E-state index contributed by atoms with van der Waals surface area (Å²) in [4.78, 5) is 0. The lowest BCUT2D eigenvalue weighted by atomic mass is 10.0. The molecule has 0 aliphatic carbocycles. The molecule has 0 amide bonds. The van der Waals surface area contributed by atoms with Crippen LogP contribution in [0.15, 0.2) is 0 Å². The highest BCUT2D eigenvalue weighted by atomic mass is 16.6. The zero-order valence-electron chi connectivity index (χ0n) is 5.93. The maximum absolute atomic E-state index is 9.25. The second-order valence-corrected chi connectivity index (χ2v) is 2.90. The molecule has 0 aromatic carbocycles. The Morgan fingerprint density at radius 1 is 1.27 bits per heavy atom. The molecule has 2 heterocycles. The van der Waals surface area contributed by atoms with Crippen molar-refractivity contribution in [2.45, 2.75) is 18.3 Å². The number of hydrogen-bond acceptors (Lipinski definition) is 4. The van der Waals surface area contributed by atoms with E-state index in [0.29, 0.717) is 13.2 Å². The highest BCUT2D eigenvalue weighted by Gasteiger charge is 2.47. The number of rotatable bonds is 0. The van der Waals surface area contributed by atoms with E-state index in [1.54, 1.807) is 0 Å². The van der Waals surface area contributed by atoms with Crippen LogP contribution in [0, 0.1) is 17.2 Å². The van der Waals surface area contributed by atoms with Crippen molar-refractivity contribution in [2.24, 2.45) is 5.92 Å². The van der Waals surface area contributed by atoms with Gasteiger partial charge in [0, 0.05) is 0 Å². The Bertz CT molecular complexity index is 200. The normalized spacial score (nSPS) is 48.7. The van der Waals surface area contributed by atoms with E-state index in [4.69, 9.17) is 14.7 Å². The number of fused-ring (bicyclic) bond motifs is 1. The van der Waals surface area contributed by atoms with Gasteiger partial charge < -0.3 is 14.6 Å². The topological polar surface area (TPSA) is 62.5 Å². The van der Waals surface area contributed by atoms with E-state index in [-0.39, 0.29) is 18.1 Å². The third-order valence-electron chi connectivity index (χ3n) is 2.19. The van der Waals surface area contributed by atoms with Crippen LogP contribution >= 0.6 is 0 Å². The molecule has 2 rings (SSSR count). The van der Waals surface area contributed by atoms with E-state index in [1.807, 2.05) is 0 Å². The lowest BCUT2D eigenvalue weighted by Gasteiger charge is -2.09. The van der Waals surface area contributed by atoms with Gasteiger partial charge in [-0.15, -0.1) is 0 Å². The largest absolute Gasteiger partial charge is 0.388 e. The lowest BCUT2D eigenvalue weighted by Crippen LogP contribution is -2.28. The van der Waals surface area contributed by atoms with Crippen LogP contribution in [0.3, 0.4) is 0 Å². The Labute approximate surface area is 64.3 Å². The van der Waals surface area contributed by atoms with Gasteiger partial charge in [-0.25, -0.2) is 0 Å². The second kappa shape index (κ2) is 2.45. The first-order chi connectivity index (χ1) is 5.33. The summed E-state index contributed by atoms with van der Waals surface area (Å²) in [6.07, 6.45) is -1.01. The molecule has 11 heavy (non-hydrogen) atoms. The molecule has 2 fully saturated rings. The van der Waals surface area contributed by atoms with E-state index in [0.717, 1.165) is 0 Å².